The van der Waals surface area contributed by atoms with Gasteiger partial charge in [0.05, 0.1) is 17.1 Å². The van der Waals surface area contributed by atoms with Crippen LogP contribution in [0.4, 0.5) is 5.69 Å². The Kier molecular flexibility index (Phi) is 6.65. The van der Waals surface area contributed by atoms with E-state index in [0.29, 0.717) is 6.54 Å². The van der Waals surface area contributed by atoms with E-state index in [1.54, 1.807) is 4.90 Å². The molecular formula is C29H35N3O2. The van der Waals surface area contributed by atoms with Crippen molar-refractivity contribution in [3.63, 3.8) is 0 Å². The van der Waals surface area contributed by atoms with E-state index < -0.39 is 5.41 Å². The molecule has 0 bridgehead atoms. The lowest BCUT2D eigenvalue weighted by molar-refractivity contribution is -0.142. The van der Waals surface area contributed by atoms with Crippen LogP contribution in [0.25, 0.3) is 5.69 Å². The molecule has 1 aliphatic rings. The van der Waals surface area contributed by atoms with Crippen LogP contribution in [0.3, 0.4) is 0 Å². The van der Waals surface area contributed by atoms with Crippen molar-refractivity contribution in [1.82, 2.24) is 9.47 Å². The van der Waals surface area contributed by atoms with Crippen molar-refractivity contribution in [3.8, 4) is 5.69 Å². The Labute approximate surface area is 203 Å². The van der Waals surface area contributed by atoms with Crippen molar-refractivity contribution < 1.29 is 9.59 Å². The quantitative estimate of drug-likeness (QED) is 0.463. The molecule has 2 aromatic carbocycles. The molecule has 0 spiro atoms. The number of benzene rings is 2. The standard InChI is InChI=1S/C29H35N3O2/c1-6-7-17-30(28(34)29(3,4)5)20-26(33)32-24-15-9-8-14-23(24)31-18-11-16-25(31)27(32)22-13-10-12-21(2)19-22/h8-16,18-19,27H,6-7,17,20H2,1-5H3. The molecule has 0 N–H and O–H groups in total. The molecule has 1 unspecified atom stereocenters. The second kappa shape index (κ2) is 9.49. The highest BCUT2D eigenvalue weighted by atomic mass is 16.2. The molecule has 2 amide bonds. The van der Waals surface area contributed by atoms with Crippen molar-refractivity contribution in [2.24, 2.45) is 5.41 Å². The first kappa shape index (κ1) is 23.8. The minimum atomic E-state index is -0.543. The molecule has 0 saturated heterocycles. The van der Waals surface area contributed by atoms with Crippen LogP contribution in [0, 0.1) is 12.3 Å². The number of hydrogen-bond acceptors (Lipinski definition) is 2. The van der Waals surface area contributed by atoms with E-state index in [-0.39, 0.29) is 24.4 Å². The SMILES string of the molecule is CCCCN(CC(=O)N1c2ccccc2-n2cccc2C1c1cccc(C)c1)C(=O)C(C)(C)C. The maximum atomic E-state index is 14.1. The van der Waals surface area contributed by atoms with Crippen molar-refractivity contribution in [1.29, 1.82) is 0 Å². The van der Waals surface area contributed by atoms with Gasteiger partial charge in [0.15, 0.2) is 0 Å². The predicted octanol–water partition coefficient (Wildman–Crippen LogP) is 5.90. The summed E-state index contributed by atoms with van der Waals surface area (Å²) in [6.45, 7) is 10.6. The largest absolute Gasteiger partial charge is 0.333 e. The summed E-state index contributed by atoms with van der Waals surface area (Å²) >= 11 is 0. The first-order chi connectivity index (χ1) is 16.2. The van der Waals surface area contributed by atoms with Crippen LogP contribution >= 0.6 is 0 Å². The fourth-order valence-electron chi connectivity index (χ4n) is 4.73. The average molecular weight is 458 g/mol. The maximum absolute atomic E-state index is 14.1. The highest BCUT2D eigenvalue weighted by Crippen LogP contribution is 2.42. The van der Waals surface area contributed by atoms with E-state index in [1.165, 1.54) is 0 Å². The number of rotatable bonds is 6. The van der Waals surface area contributed by atoms with Crippen LogP contribution in [0.15, 0.2) is 66.9 Å². The second-order valence-corrected chi connectivity index (χ2v) is 10.2. The summed E-state index contributed by atoms with van der Waals surface area (Å²) in [5.41, 5.74) is 4.54. The summed E-state index contributed by atoms with van der Waals surface area (Å²) in [5, 5.41) is 0. The number of aryl methyl sites for hydroxylation is 1. The molecule has 1 aliphatic heterocycles. The number of anilines is 1. The van der Waals surface area contributed by atoms with Crippen molar-refractivity contribution in [2.45, 2.75) is 53.5 Å². The summed E-state index contributed by atoms with van der Waals surface area (Å²) < 4.78 is 2.17. The lowest BCUT2D eigenvalue weighted by atomic mass is 9.94. The number of hydrogen-bond donors (Lipinski definition) is 0. The molecule has 1 atom stereocenters. The van der Waals surface area contributed by atoms with Gasteiger partial charge < -0.3 is 9.47 Å². The first-order valence-corrected chi connectivity index (χ1v) is 12.2. The minimum absolute atomic E-state index is 0.00933. The Hall–Kier alpha value is -3.34. The van der Waals surface area contributed by atoms with Gasteiger partial charge in [0.2, 0.25) is 11.8 Å². The molecule has 178 valence electrons. The summed E-state index contributed by atoms with van der Waals surface area (Å²) in [6, 6.07) is 20.2. The van der Waals surface area contributed by atoms with E-state index in [1.807, 2.05) is 62.1 Å². The Morgan fingerprint density at radius 3 is 2.38 bits per heavy atom. The van der Waals surface area contributed by atoms with Gasteiger partial charge in [-0.15, -0.1) is 0 Å². The van der Waals surface area contributed by atoms with E-state index in [4.69, 9.17) is 0 Å². The fourth-order valence-corrected chi connectivity index (χ4v) is 4.73. The van der Waals surface area contributed by atoms with Gasteiger partial charge in [-0.05, 0) is 43.2 Å². The van der Waals surface area contributed by atoms with Gasteiger partial charge >= 0.3 is 0 Å². The summed E-state index contributed by atoms with van der Waals surface area (Å²) in [5.74, 6) is -0.0600. The van der Waals surface area contributed by atoms with E-state index >= 15 is 0 Å². The minimum Gasteiger partial charge on any atom is -0.333 e. The van der Waals surface area contributed by atoms with Gasteiger partial charge in [0, 0.05) is 18.2 Å². The van der Waals surface area contributed by atoms with E-state index in [0.717, 1.165) is 41.0 Å². The lowest BCUT2D eigenvalue weighted by Gasteiger charge is -2.40. The normalized spacial score (nSPS) is 15.0. The predicted molar refractivity (Wildman–Crippen MR) is 137 cm³/mol. The lowest BCUT2D eigenvalue weighted by Crippen LogP contribution is -2.49. The molecule has 3 aromatic rings. The Bertz CT molecular complexity index is 1190. The molecule has 5 heteroatoms. The molecule has 5 nitrogen and oxygen atoms in total. The molecule has 1 aromatic heterocycles. The number of unbranched alkanes of at least 4 members (excludes halogenated alkanes) is 1. The summed E-state index contributed by atoms with van der Waals surface area (Å²) in [7, 11) is 0. The van der Waals surface area contributed by atoms with Crippen LogP contribution < -0.4 is 4.90 Å². The number of para-hydroxylation sites is 2. The number of aromatic nitrogens is 1. The zero-order chi connectivity index (χ0) is 24.5. The molecular weight excluding hydrogens is 422 g/mol. The highest BCUT2D eigenvalue weighted by Gasteiger charge is 2.38. The number of carbonyl (C=O) groups is 2. The van der Waals surface area contributed by atoms with Gasteiger partial charge in [-0.3, -0.25) is 14.5 Å². The van der Waals surface area contributed by atoms with Gasteiger partial charge in [-0.25, -0.2) is 0 Å². The van der Waals surface area contributed by atoms with Gasteiger partial charge in [-0.1, -0.05) is 76.1 Å². The third kappa shape index (κ3) is 4.52. The van der Waals surface area contributed by atoms with Crippen LogP contribution in [-0.4, -0.2) is 34.4 Å². The number of nitrogens with zero attached hydrogens (tertiary/aromatic N) is 3. The monoisotopic (exact) mass is 457 g/mol. The Morgan fingerprint density at radius 2 is 1.71 bits per heavy atom. The van der Waals surface area contributed by atoms with Crippen molar-refractivity contribution in [2.75, 3.05) is 18.0 Å². The zero-order valence-corrected chi connectivity index (χ0v) is 20.9. The molecule has 0 saturated carbocycles. The second-order valence-electron chi connectivity index (χ2n) is 10.2. The summed E-state index contributed by atoms with van der Waals surface area (Å²) in [4.78, 5) is 31.0. The summed E-state index contributed by atoms with van der Waals surface area (Å²) in [6.07, 6.45) is 3.89. The zero-order valence-electron chi connectivity index (χ0n) is 20.9. The van der Waals surface area contributed by atoms with Gasteiger partial charge in [0.1, 0.15) is 12.6 Å². The molecule has 0 aliphatic carbocycles. The Balaban J connectivity index is 1.79. The van der Waals surface area contributed by atoms with Gasteiger partial charge in [-0.2, -0.15) is 0 Å². The van der Waals surface area contributed by atoms with Crippen LogP contribution in [-0.2, 0) is 9.59 Å². The Morgan fingerprint density at radius 1 is 0.971 bits per heavy atom. The fraction of sp³-hybridized carbons (Fsp3) is 0.379. The van der Waals surface area contributed by atoms with Gasteiger partial charge in [0.25, 0.3) is 0 Å². The van der Waals surface area contributed by atoms with Crippen LogP contribution in [0.5, 0.6) is 0 Å². The molecule has 0 radical (unpaired) electrons. The number of fused-ring (bicyclic) bond motifs is 3. The molecule has 4 rings (SSSR count). The number of amides is 2. The first-order valence-electron chi connectivity index (χ1n) is 12.2. The number of carbonyl (C=O) groups excluding carboxylic acids is 2. The van der Waals surface area contributed by atoms with E-state index in [2.05, 4.69) is 48.9 Å². The molecule has 34 heavy (non-hydrogen) atoms. The van der Waals surface area contributed by atoms with Crippen molar-refractivity contribution >= 4 is 17.5 Å². The van der Waals surface area contributed by atoms with Crippen molar-refractivity contribution in [3.05, 3.63) is 83.7 Å². The third-order valence-electron chi connectivity index (χ3n) is 6.38. The topological polar surface area (TPSA) is 45.6 Å². The molecule has 0 fully saturated rings. The van der Waals surface area contributed by atoms with Crippen LogP contribution in [0.2, 0.25) is 0 Å². The smallest absolute Gasteiger partial charge is 0.247 e. The third-order valence-corrected chi connectivity index (χ3v) is 6.38. The maximum Gasteiger partial charge on any atom is 0.247 e. The highest BCUT2D eigenvalue weighted by molar-refractivity contribution is 6.00. The average Bonchev–Trinajstić information content (AvgIpc) is 3.29. The van der Waals surface area contributed by atoms with Crippen LogP contribution in [0.1, 0.15) is 63.4 Å². The van der Waals surface area contributed by atoms with E-state index in [9.17, 15) is 9.59 Å². The molecule has 2 heterocycles.